The number of carboxylic acids is 1. The molecule has 0 bridgehead atoms. The van der Waals surface area contributed by atoms with E-state index in [2.05, 4.69) is 0 Å². The van der Waals surface area contributed by atoms with Crippen LogP contribution in [-0.4, -0.2) is 28.2 Å². The maximum absolute atomic E-state index is 12.2. The van der Waals surface area contributed by atoms with Gasteiger partial charge in [-0.25, -0.2) is 9.18 Å². The third-order valence-electron chi connectivity index (χ3n) is 1.07. The highest BCUT2D eigenvalue weighted by Crippen LogP contribution is 2.18. The van der Waals surface area contributed by atoms with E-state index in [0.29, 0.717) is 0 Å². The fraction of sp³-hybridized carbons (Fsp3) is 0.800. The normalized spacial score (nSPS) is 19.6. The second-order valence-electron chi connectivity index (χ2n) is 1.85. The summed E-state index contributed by atoms with van der Waals surface area (Å²) in [6.07, 6.45) is -2.75. The van der Waals surface area contributed by atoms with Crippen LogP contribution in [0.2, 0.25) is 0 Å². The molecule has 0 rings (SSSR count). The van der Waals surface area contributed by atoms with Crippen molar-refractivity contribution in [2.45, 2.75) is 25.4 Å². The molecule has 0 radical (unpaired) electrons. The lowest BCUT2D eigenvalue weighted by molar-refractivity contribution is -0.195. The Morgan fingerprint density at radius 3 is 2.30 bits per heavy atom. The van der Waals surface area contributed by atoms with Gasteiger partial charge in [0.15, 0.2) is 6.17 Å². The molecule has 0 heterocycles. The Balaban J connectivity index is 4.23. The zero-order chi connectivity index (χ0) is 8.36. The van der Waals surface area contributed by atoms with Gasteiger partial charge < -0.3 is 10.2 Å². The summed E-state index contributed by atoms with van der Waals surface area (Å²) >= 11 is 0. The van der Waals surface area contributed by atoms with E-state index >= 15 is 0 Å². The summed E-state index contributed by atoms with van der Waals surface area (Å²) in [4.78, 5) is 9.76. The van der Waals surface area contributed by atoms with E-state index < -0.39 is 18.0 Å². The molecule has 0 aliphatic rings. The smallest absolute Gasteiger partial charge is 0.372 e. The molecule has 0 aromatic heterocycles. The van der Waals surface area contributed by atoms with Gasteiger partial charge in [-0.2, -0.15) is 4.39 Å². The lowest BCUT2D eigenvalue weighted by Gasteiger charge is -2.16. The van der Waals surface area contributed by atoms with Gasteiger partial charge in [-0.05, 0) is 6.42 Å². The molecule has 0 amide bonds. The molecule has 60 valence electrons. The van der Waals surface area contributed by atoms with Gasteiger partial charge in [0.05, 0.1) is 0 Å². The second-order valence-corrected chi connectivity index (χ2v) is 1.85. The molecule has 2 atom stereocenters. The van der Waals surface area contributed by atoms with E-state index in [1.807, 2.05) is 0 Å². The van der Waals surface area contributed by atoms with Crippen molar-refractivity contribution in [2.75, 3.05) is 0 Å². The first-order valence-electron chi connectivity index (χ1n) is 2.71. The van der Waals surface area contributed by atoms with Crippen LogP contribution in [0.5, 0.6) is 0 Å². The van der Waals surface area contributed by atoms with E-state index in [1.54, 1.807) is 0 Å². The van der Waals surface area contributed by atoms with Crippen molar-refractivity contribution in [2.24, 2.45) is 0 Å². The predicted octanol–water partition coefficient (Wildman–Crippen LogP) is 0.477. The Kier molecular flexibility index (Phi) is 2.71. The molecule has 0 aliphatic heterocycles. The molecule has 3 nitrogen and oxygen atoms in total. The maximum atomic E-state index is 12.2. The minimum atomic E-state index is -3.74. The van der Waals surface area contributed by atoms with Crippen LogP contribution in [0.15, 0.2) is 0 Å². The van der Waals surface area contributed by atoms with Gasteiger partial charge >= 0.3 is 11.8 Å². The number of hydrogen-bond acceptors (Lipinski definition) is 2. The van der Waals surface area contributed by atoms with Crippen molar-refractivity contribution in [3.8, 4) is 0 Å². The number of aliphatic carboxylic acids is 1. The summed E-state index contributed by atoms with van der Waals surface area (Å²) in [6.45, 7) is 1.23. The third kappa shape index (κ3) is 1.63. The van der Waals surface area contributed by atoms with Crippen molar-refractivity contribution in [1.29, 1.82) is 0 Å². The van der Waals surface area contributed by atoms with Crippen molar-refractivity contribution < 1.29 is 23.8 Å². The Hall–Kier alpha value is -0.710. The number of rotatable bonds is 3. The molecule has 10 heavy (non-hydrogen) atoms. The van der Waals surface area contributed by atoms with E-state index in [1.165, 1.54) is 6.92 Å². The highest BCUT2D eigenvalue weighted by molar-refractivity contribution is 5.75. The molecule has 0 aromatic rings. The van der Waals surface area contributed by atoms with Crippen molar-refractivity contribution in [3.63, 3.8) is 0 Å². The number of halogens is 2. The molecule has 2 unspecified atom stereocenters. The maximum Gasteiger partial charge on any atom is 0.372 e. The quantitative estimate of drug-likeness (QED) is 0.621. The molecule has 2 N–H and O–H groups in total. The monoisotopic (exact) mass is 154 g/mol. The van der Waals surface area contributed by atoms with E-state index in [9.17, 15) is 13.6 Å². The Labute approximate surface area is 56.3 Å². The number of carbonyl (C=O) groups is 1. The summed E-state index contributed by atoms with van der Waals surface area (Å²) in [5.41, 5.74) is 0. The largest absolute Gasteiger partial charge is 0.477 e. The summed E-state index contributed by atoms with van der Waals surface area (Å²) in [5, 5.41) is 16.1. The Morgan fingerprint density at radius 1 is 1.80 bits per heavy atom. The SMILES string of the molecule is CCC(F)C(O)(F)C(=O)O. The Bertz CT molecular complexity index is 135. The number of hydrogen-bond donors (Lipinski definition) is 2. The van der Waals surface area contributed by atoms with Gasteiger partial charge in [0, 0.05) is 0 Å². The van der Waals surface area contributed by atoms with Crippen LogP contribution in [0.1, 0.15) is 13.3 Å². The fourth-order valence-electron chi connectivity index (χ4n) is 0.404. The molecule has 0 saturated carbocycles. The first-order valence-corrected chi connectivity index (χ1v) is 2.71. The zero-order valence-corrected chi connectivity index (χ0v) is 5.34. The van der Waals surface area contributed by atoms with Gasteiger partial charge in [-0.3, -0.25) is 0 Å². The van der Waals surface area contributed by atoms with Crippen molar-refractivity contribution >= 4 is 5.97 Å². The molecular formula is C5H8F2O3. The molecule has 0 aliphatic carbocycles. The number of alkyl halides is 2. The van der Waals surface area contributed by atoms with Gasteiger partial charge in [0.1, 0.15) is 0 Å². The predicted molar refractivity (Wildman–Crippen MR) is 28.9 cm³/mol. The highest BCUT2D eigenvalue weighted by Gasteiger charge is 2.44. The molecule has 5 heteroatoms. The van der Waals surface area contributed by atoms with Crippen molar-refractivity contribution in [3.05, 3.63) is 0 Å². The summed E-state index contributed by atoms with van der Waals surface area (Å²) in [5.74, 6) is -5.93. The lowest BCUT2D eigenvalue weighted by atomic mass is 10.1. The summed E-state index contributed by atoms with van der Waals surface area (Å²) < 4.78 is 24.3. The minimum Gasteiger partial charge on any atom is -0.477 e. The molecule has 0 fully saturated rings. The first-order chi connectivity index (χ1) is 4.42. The van der Waals surface area contributed by atoms with E-state index in [4.69, 9.17) is 10.2 Å². The molecular weight excluding hydrogens is 146 g/mol. The van der Waals surface area contributed by atoms with Crippen LogP contribution >= 0.6 is 0 Å². The van der Waals surface area contributed by atoms with Crippen LogP contribution in [-0.2, 0) is 4.79 Å². The highest BCUT2D eigenvalue weighted by atomic mass is 19.2. The number of carboxylic acid groups (broad SMARTS) is 1. The summed E-state index contributed by atoms with van der Waals surface area (Å²) in [7, 11) is 0. The molecule has 0 saturated heterocycles. The zero-order valence-electron chi connectivity index (χ0n) is 5.34. The van der Waals surface area contributed by atoms with Crippen molar-refractivity contribution in [1.82, 2.24) is 0 Å². The fourth-order valence-corrected chi connectivity index (χ4v) is 0.404. The van der Waals surface area contributed by atoms with Crippen LogP contribution in [0.25, 0.3) is 0 Å². The van der Waals surface area contributed by atoms with Crippen LogP contribution in [0.4, 0.5) is 8.78 Å². The topological polar surface area (TPSA) is 57.5 Å². The third-order valence-corrected chi connectivity index (χ3v) is 1.07. The van der Waals surface area contributed by atoms with Gasteiger partial charge in [-0.1, -0.05) is 6.92 Å². The van der Waals surface area contributed by atoms with Crippen LogP contribution < -0.4 is 0 Å². The molecule has 0 aromatic carbocycles. The van der Waals surface area contributed by atoms with Gasteiger partial charge in [0.2, 0.25) is 0 Å². The van der Waals surface area contributed by atoms with Gasteiger partial charge in [-0.15, -0.1) is 0 Å². The van der Waals surface area contributed by atoms with Crippen LogP contribution in [0, 0.1) is 0 Å². The Morgan fingerprint density at radius 2 is 2.20 bits per heavy atom. The minimum absolute atomic E-state index is 0.376. The van der Waals surface area contributed by atoms with E-state index in [-0.39, 0.29) is 6.42 Å². The van der Waals surface area contributed by atoms with Gasteiger partial charge in [0.25, 0.3) is 0 Å². The second kappa shape index (κ2) is 2.92. The summed E-state index contributed by atoms with van der Waals surface area (Å²) in [6, 6.07) is 0. The molecule has 0 spiro atoms. The van der Waals surface area contributed by atoms with E-state index in [0.717, 1.165) is 0 Å². The standard InChI is InChI=1S/C5H8F2O3/c1-2-3(6)5(7,10)4(8)9/h3,10H,2H2,1H3,(H,8,9). The average molecular weight is 154 g/mol. The lowest BCUT2D eigenvalue weighted by Crippen LogP contribution is -2.42. The number of aliphatic hydroxyl groups is 1. The van der Waals surface area contributed by atoms with Crippen LogP contribution in [0.3, 0.4) is 0 Å². The first kappa shape index (κ1) is 9.29. The average Bonchev–Trinajstić information content (AvgIpc) is 1.86.